The van der Waals surface area contributed by atoms with Crippen LogP contribution in [-0.4, -0.2) is 11.8 Å². The van der Waals surface area contributed by atoms with Gasteiger partial charge in [0.15, 0.2) is 5.60 Å². The van der Waals surface area contributed by atoms with Crippen LogP contribution in [0, 0.1) is 11.3 Å². The van der Waals surface area contributed by atoms with Crippen molar-refractivity contribution in [2.75, 3.05) is 0 Å². The summed E-state index contributed by atoms with van der Waals surface area (Å²) in [5.74, 6) is -0.641. The lowest BCUT2D eigenvalue weighted by molar-refractivity contribution is -0.147. The number of ketones is 1. The first-order valence-electron chi connectivity index (χ1n) is 8.07. The average molecular weight is 331 g/mol. The van der Waals surface area contributed by atoms with Crippen molar-refractivity contribution in [1.82, 2.24) is 0 Å². The molecule has 0 saturated carbocycles. The average Bonchev–Trinajstić information content (AvgIpc) is 2.94. The molecule has 0 radical (unpaired) electrons. The number of nitriles is 1. The molecule has 2 aromatic rings. The first kappa shape index (κ1) is 16.7. The van der Waals surface area contributed by atoms with Crippen LogP contribution in [0.1, 0.15) is 30.9 Å². The zero-order valence-electron chi connectivity index (χ0n) is 13.9. The van der Waals surface area contributed by atoms with E-state index in [1.807, 2.05) is 66.7 Å². The van der Waals surface area contributed by atoms with Gasteiger partial charge in [0.25, 0.3) is 0 Å². The van der Waals surface area contributed by atoms with Gasteiger partial charge < -0.3 is 9.53 Å². The van der Waals surface area contributed by atoms with Gasteiger partial charge in [0, 0.05) is 24.0 Å². The Kier molecular flexibility index (Phi) is 4.49. The highest BCUT2D eigenvalue weighted by Gasteiger charge is 2.49. The van der Waals surface area contributed by atoms with Gasteiger partial charge in [0.1, 0.15) is 17.4 Å². The summed E-state index contributed by atoms with van der Waals surface area (Å²) in [4.78, 5) is 24.1. The predicted molar refractivity (Wildman–Crippen MR) is 93.1 cm³/mol. The number of benzene rings is 2. The summed E-state index contributed by atoms with van der Waals surface area (Å²) in [6.07, 6.45) is 0.546. The minimum Gasteiger partial charge on any atom is -0.445 e. The number of carbonyl (C=O) groups is 2. The third-order valence-corrected chi connectivity index (χ3v) is 4.37. The van der Waals surface area contributed by atoms with Crippen LogP contribution < -0.4 is 0 Å². The first-order valence-corrected chi connectivity index (χ1v) is 8.07. The van der Waals surface area contributed by atoms with Gasteiger partial charge in [0.05, 0.1) is 0 Å². The zero-order chi connectivity index (χ0) is 17.9. The lowest BCUT2D eigenvalue weighted by Crippen LogP contribution is -2.29. The maximum Gasteiger partial charge on any atom is 0.350 e. The molecule has 0 amide bonds. The zero-order valence-corrected chi connectivity index (χ0v) is 13.9. The summed E-state index contributed by atoms with van der Waals surface area (Å²) in [6, 6.07) is 20.5. The molecule has 0 bridgehead atoms. The summed E-state index contributed by atoms with van der Waals surface area (Å²) < 4.78 is 5.77. The van der Waals surface area contributed by atoms with Crippen LogP contribution in [0.2, 0.25) is 0 Å². The molecule has 1 heterocycles. The number of carbonyl (C=O) groups excluding carboxylic acids is 2. The highest BCUT2D eigenvalue weighted by molar-refractivity contribution is 6.08. The Morgan fingerprint density at radius 3 is 2.24 bits per heavy atom. The Labute approximate surface area is 146 Å². The molecule has 0 spiro atoms. The van der Waals surface area contributed by atoms with E-state index in [0.29, 0.717) is 12.0 Å². The standard InChI is InChI=1S/C21H17NO3/c1-15(23)12-13-21(17-10-6-3-7-11-17)19(16-8-4-2-5-9-16)18(14-22)20(24)25-21/h2-11H,12-13H2,1H3. The van der Waals surface area contributed by atoms with Gasteiger partial charge >= 0.3 is 5.97 Å². The van der Waals surface area contributed by atoms with Crippen LogP contribution in [0.15, 0.2) is 66.2 Å². The minimum absolute atomic E-state index is 0.00129. The van der Waals surface area contributed by atoms with Crippen molar-refractivity contribution in [3.05, 3.63) is 77.4 Å². The van der Waals surface area contributed by atoms with E-state index in [9.17, 15) is 14.9 Å². The largest absolute Gasteiger partial charge is 0.445 e. The van der Waals surface area contributed by atoms with Crippen molar-refractivity contribution < 1.29 is 14.3 Å². The maximum absolute atomic E-state index is 12.4. The van der Waals surface area contributed by atoms with Gasteiger partial charge in [-0.3, -0.25) is 0 Å². The fourth-order valence-electron chi connectivity index (χ4n) is 3.23. The molecule has 0 aliphatic carbocycles. The van der Waals surface area contributed by atoms with Gasteiger partial charge in [0.2, 0.25) is 0 Å². The van der Waals surface area contributed by atoms with E-state index < -0.39 is 11.6 Å². The molecular formula is C21H17NO3. The van der Waals surface area contributed by atoms with E-state index in [0.717, 1.165) is 11.1 Å². The first-order chi connectivity index (χ1) is 12.1. The molecule has 4 heteroatoms. The highest BCUT2D eigenvalue weighted by atomic mass is 16.6. The summed E-state index contributed by atoms with van der Waals surface area (Å²) in [5.41, 5.74) is 0.911. The smallest absolute Gasteiger partial charge is 0.350 e. The number of rotatable bonds is 5. The number of Topliss-reactive ketones (excluding diaryl/α,β-unsaturated/α-hetero) is 1. The summed E-state index contributed by atoms with van der Waals surface area (Å²) in [7, 11) is 0. The summed E-state index contributed by atoms with van der Waals surface area (Å²) in [5, 5.41) is 9.55. The Balaban J connectivity index is 2.26. The molecule has 2 aromatic carbocycles. The number of hydrogen-bond donors (Lipinski definition) is 0. The quantitative estimate of drug-likeness (QED) is 0.782. The van der Waals surface area contributed by atoms with E-state index in [-0.39, 0.29) is 17.8 Å². The predicted octanol–water partition coefficient (Wildman–Crippen LogP) is 3.79. The lowest BCUT2D eigenvalue weighted by Gasteiger charge is -2.31. The van der Waals surface area contributed by atoms with Crippen molar-refractivity contribution in [3.63, 3.8) is 0 Å². The second kappa shape index (κ2) is 6.74. The second-order valence-corrected chi connectivity index (χ2v) is 6.01. The molecule has 0 saturated heterocycles. The Bertz CT molecular complexity index is 878. The fraction of sp³-hybridized carbons (Fsp3) is 0.190. The monoisotopic (exact) mass is 331 g/mol. The topological polar surface area (TPSA) is 67.2 Å². The third kappa shape index (κ3) is 2.97. The van der Waals surface area contributed by atoms with Gasteiger partial charge in [-0.1, -0.05) is 60.7 Å². The molecule has 25 heavy (non-hydrogen) atoms. The summed E-state index contributed by atoms with van der Waals surface area (Å²) >= 11 is 0. The molecule has 4 nitrogen and oxygen atoms in total. The van der Waals surface area contributed by atoms with Crippen LogP contribution >= 0.6 is 0 Å². The van der Waals surface area contributed by atoms with Crippen molar-refractivity contribution >= 4 is 17.3 Å². The minimum atomic E-state index is -1.13. The second-order valence-electron chi connectivity index (χ2n) is 6.01. The summed E-state index contributed by atoms with van der Waals surface area (Å²) in [6.45, 7) is 1.51. The third-order valence-electron chi connectivity index (χ3n) is 4.37. The van der Waals surface area contributed by atoms with Gasteiger partial charge in [-0.25, -0.2) is 4.79 Å². The molecule has 124 valence electrons. The van der Waals surface area contributed by atoms with Crippen molar-refractivity contribution in [1.29, 1.82) is 5.26 Å². The van der Waals surface area contributed by atoms with Crippen molar-refractivity contribution in [2.24, 2.45) is 0 Å². The van der Waals surface area contributed by atoms with Gasteiger partial charge in [-0.15, -0.1) is 0 Å². The number of cyclic esters (lactones) is 1. The van der Waals surface area contributed by atoms with Crippen LogP contribution in [0.5, 0.6) is 0 Å². The van der Waals surface area contributed by atoms with Crippen molar-refractivity contribution in [2.45, 2.75) is 25.4 Å². The Morgan fingerprint density at radius 2 is 1.68 bits per heavy atom. The molecule has 3 rings (SSSR count). The molecule has 1 atom stereocenters. The number of ether oxygens (including phenoxy) is 1. The molecule has 0 N–H and O–H groups in total. The fourth-order valence-corrected chi connectivity index (χ4v) is 3.23. The van der Waals surface area contributed by atoms with E-state index >= 15 is 0 Å². The number of nitrogens with zero attached hydrogens (tertiary/aromatic N) is 1. The number of hydrogen-bond acceptors (Lipinski definition) is 4. The highest BCUT2D eigenvalue weighted by Crippen LogP contribution is 2.49. The Morgan fingerprint density at radius 1 is 1.08 bits per heavy atom. The van der Waals surface area contributed by atoms with Gasteiger partial charge in [-0.2, -0.15) is 5.26 Å². The van der Waals surface area contributed by atoms with Crippen LogP contribution in [-0.2, 0) is 19.9 Å². The van der Waals surface area contributed by atoms with Crippen LogP contribution in [0.3, 0.4) is 0 Å². The molecule has 1 unspecified atom stereocenters. The van der Waals surface area contributed by atoms with E-state index in [1.54, 1.807) is 0 Å². The van der Waals surface area contributed by atoms with Crippen molar-refractivity contribution in [3.8, 4) is 6.07 Å². The lowest BCUT2D eigenvalue weighted by atomic mass is 9.78. The molecule has 0 fully saturated rings. The van der Waals surface area contributed by atoms with E-state index in [2.05, 4.69) is 0 Å². The van der Waals surface area contributed by atoms with Gasteiger partial charge in [-0.05, 0) is 12.5 Å². The normalized spacial score (nSPS) is 19.4. The van der Waals surface area contributed by atoms with Crippen LogP contribution in [0.25, 0.3) is 5.57 Å². The molecular weight excluding hydrogens is 314 g/mol. The van der Waals surface area contributed by atoms with E-state index in [4.69, 9.17) is 4.74 Å². The Hall–Kier alpha value is -3.19. The number of esters is 1. The maximum atomic E-state index is 12.4. The van der Waals surface area contributed by atoms with E-state index in [1.165, 1.54) is 6.92 Å². The molecule has 1 aliphatic heterocycles. The SMILES string of the molecule is CC(=O)CCC1(c2ccccc2)OC(=O)C(C#N)=C1c1ccccc1. The molecule has 0 aromatic heterocycles. The van der Waals surface area contributed by atoms with Crippen LogP contribution in [0.4, 0.5) is 0 Å². The molecule has 1 aliphatic rings.